The molecule has 0 bridgehead atoms. The molecular formula is C13H16N6O. The Balaban J connectivity index is 1.85. The van der Waals surface area contributed by atoms with Crippen molar-refractivity contribution >= 4 is 11.6 Å². The van der Waals surface area contributed by atoms with Gasteiger partial charge in [-0.3, -0.25) is 4.79 Å². The average molecular weight is 272 g/mol. The van der Waals surface area contributed by atoms with Crippen LogP contribution in [0.5, 0.6) is 0 Å². The van der Waals surface area contributed by atoms with E-state index in [-0.39, 0.29) is 5.91 Å². The quantitative estimate of drug-likeness (QED) is 0.860. The highest BCUT2D eigenvalue weighted by molar-refractivity contribution is 5.99. The van der Waals surface area contributed by atoms with E-state index in [2.05, 4.69) is 20.8 Å². The molecule has 20 heavy (non-hydrogen) atoms. The number of carbonyl (C=O) groups is 1. The molecule has 2 aromatic rings. The molecule has 1 fully saturated rings. The summed E-state index contributed by atoms with van der Waals surface area (Å²) in [5.74, 6) is -0.124. The van der Waals surface area contributed by atoms with Gasteiger partial charge < -0.3 is 11.1 Å². The van der Waals surface area contributed by atoms with Crippen LogP contribution in [0.1, 0.15) is 24.8 Å². The van der Waals surface area contributed by atoms with Crippen LogP contribution < -0.4 is 11.1 Å². The number of benzene rings is 1. The van der Waals surface area contributed by atoms with Crippen LogP contribution in [-0.4, -0.2) is 31.7 Å². The van der Waals surface area contributed by atoms with Crippen LogP contribution in [0.2, 0.25) is 0 Å². The molecule has 0 atom stereocenters. The molecule has 1 aliphatic carbocycles. The van der Waals surface area contributed by atoms with Crippen molar-refractivity contribution in [2.75, 3.05) is 5.32 Å². The zero-order chi connectivity index (χ0) is 14.2. The van der Waals surface area contributed by atoms with Crippen molar-refractivity contribution in [3.8, 4) is 5.69 Å². The summed E-state index contributed by atoms with van der Waals surface area (Å²) in [5.41, 5.74) is 7.81. The van der Waals surface area contributed by atoms with Gasteiger partial charge in [-0.25, -0.2) is 4.68 Å². The Morgan fingerprint density at radius 2 is 2.25 bits per heavy atom. The molecule has 7 heteroatoms. The predicted molar refractivity (Wildman–Crippen MR) is 73.3 cm³/mol. The largest absolute Gasteiger partial charge is 0.324 e. The minimum Gasteiger partial charge on any atom is -0.324 e. The predicted octanol–water partition coefficient (Wildman–Crippen LogP) is 0.791. The molecule has 104 valence electrons. The van der Waals surface area contributed by atoms with Gasteiger partial charge in [-0.1, -0.05) is 6.07 Å². The Bertz CT molecular complexity index is 632. The van der Waals surface area contributed by atoms with Gasteiger partial charge in [-0.05, 0) is 54.3 Å². The van der Waals surface area contributed by atoms with E-state index in [1.807, 2.05) is 25.1 Å². The van der Waals surface area contributed by atoms with Gasteiger partial charge in [-0.2, -0.15) is 0 Å². The Kier molecular flexibility index (Phi) is 2.98. The summed E-state index contributed by atoms with van der Waals surface area (Å²) in [7, 11) is 0. The van der Waals surface area contributed by atoms with Crippen LogP contribution in [0, 0.1) is 6.92 Å². The number of aryl methyl sites for hydroxylation is 1. The highest BCUT2D eigenvalue weighted by Gasteiger charge is 2.40. The molecule has 1 heterocycles. The number of anilines is 1. The van der Waals surface area contributed by atoms with Crippen LogP contribution in [0.3, 0.4) is 0 Å². The number of nitrogens with two attached hydrogens (primary N) is 1. The van der Waals surface area contributed by atoms with Crippen LogP contribution in [0.4, 0.5) is 5.69 Å². The van der Waals surface area contributed by atoms with Gasteiger partial charge in [0.05, 0.1) is 11.2 Å². The lowest BCUT2D eigenvalue weighted by atomic mass is 9.77. The lowest BCUT2D eigenvalue weighted by molar-refractivity contribution is -0.123. The fourth-order valence-electron chi connectivity index (χ4n) is 2.20. The zero-order valence-corrected chi connectivity index (χ0v) is 11.2. The molecule has 1 amide bonds. The van der Waals surface area contributed by atoms with Gasteiger partial charge >= 0.3 is 0 Å². The summed E-state index contributed by atoms with van der Waals surface area (Å²) in [6.07, 6.45) is 4.00. The third-order valence-electron chi connectivity index (χ3n) is 3.78. The monoisotopic (exact) mass is 272 g/mol. The number of amides is 1. The van der Waals surface area contributed by atoms with Crippen molar-refractivity contribution in [3.63, 3.8) is 0 Å². The number of carbonyl (C=O) groups excluding carboxylic acids is 1. The zero-order valence-electron chi connectivity index (χ0n) is 11.2. The minimum absolute atomic E-state index is 0.124. The maximum absolute atomic E-state index is 12.2. The topological polar surface area (TPSA) is 98.7 Å². The van der Waals surface area contributed by atoms with Crippen molar-refractivity contribution in [1.82, 2.24) is 20.2 Å². The van der Waals surface area contributed by atoms with Gasteiger partial charge in [0, 0.05) is 5.69 Å². The van der Waals surface area contributed by atoms with E-state index >= 15 is 0 Å². The molecule has 3 rings (SSSR count). The lowest BCUT2D eigenvalue weighted by Gasteiger charge is -2.36. The van der Waals surface area contributed by atoms with Crippen molar-refractivity contribution < 1.29 is 4.79 Å². The molecule has 1 saturated carbocycles. The first-order chi connectivity index (χ1) is 9.58. The lowest BCUT2D eigenvalue weighted by Crippen LogP contribution is -2.56. The normalized spacial score (nSPS) is 16.5. The third kappa shape index (κ3) is 2.16. The number of hydrogen-bond acceptors (Lipinski definition) is 5. The number of rotatable bonds is 3. The van der Waals surface area contributed by atoms with Crippen molar-refractivity contribution in [2.45, 2.75) is 31.7 Å². The second kappa shape index (κ2) is 4.68. The van der Waals surface area contributed by atoms with E-state index in [1.165, 1.54) is 11.0 Å². The standard InChI is InChI=1S/C13H16N6O/c1-9-3-4-10(19-8-15-17-18-19)7-11(9)16-12(20)13(14)5-2-6-13/h3-4,7-8H,2,5-6,14H2,1H3,(H,16,20). The molecule has 1 aromatic carbocycles. The SMILES string of the molecule is Cc1ccc(-n2cnnn2)cc1NC(=O)C1(N)CCC1. The number of hydrogen-bond donors (Lipinski definition) is 2. The number of nitrogens with one attached hydrogen (secondary N) is 1. The summed E-state index contributed by atoms with van der Waals surface area (Å²) in [5, 5.41) is 13.9. The van der Waals surface area contributed by atoms with E-state index in [9.17, 15) is 4.79 Å². The highest BCUT2D eigenvalue weighted by atomic mass is 16.2. The second-order valence-corrected chi connectivity index (χ2v) is 5.22. The highest BCUT2D eigenvalue weighted by Crippen LogP contribution is 2.31. The third-order valence-corrected chi connectivity index (χ3v) is 3.78. The van der Waals surface area contributed by atoms with Gasteiger partial charge in [0.1, 0.15) is 6.33 Å². The summed E-state index contributed by atoms with van der Waals surface area (Å²) in [4.78, 5) is 12.2. The molecule has 1 aromatic heterocycles. The van der Waals surface area contributed by atoms with Gasteiger partial charge in [-0.15, -0.1) is 5.10 Å². The maximum atomic E-state index is 12.2. The Labute approximate surface area is 116 Å². The molecule has 0 saturated heterocycles. The summed E-state index contributed by atoms with van der Waals surface area (Å²) >= 11 is 0. The van der Waals surface area contributed by atoms with E-state index in [4.69, 9.17) is 5.73 Å². The summed E-state index contributed by atoms with van der Waals surface area (Å²) in [6.45, 7) is 1.93. The number of nitrogens with zero attached hydrogens (tertiary/aromatic N) is 4. The van der Waals surface area contributed by atoms with Crippen LogP contribution in [-0.2, 0) is 4.79 Å². The number of aromatic nitrogens is 4. The fourth-order valence-corrected chi connectivity index (χ4v) is 2.20. The van der Waals surface area contributed by atoms with Crippen molar-refractivity contribution in [2.24, 2.45) is 5.73 Å². The summed E-state index contributed by atoms with van der Waals surface area (Å²) < 4.78 is 1.54. The van der Waals surface area contributed by atoms with Crippen molar-refractivity contribution in [1.29, 1.82) is 0 Å². The van der Waals surface area contributed by atoms with E-state index in [0.29, 0.717) is 0 Å². The Morgan fingerprint density at radius 1 is 1.45 bits per heavy atom. The Morgan fingerprint density at radius 3 is 2.85 bits per heavy atom. The molecule has 0 radical (unpaired) electrons. The first kappa shape index (κ1) is 12.7. The average Bonchev–Trinajstić information content (AvgIpc) is 2.92. The van der Waals surface area contributed by atoms with Crippen molar-refractivity contribution in [3.05, 3.63) is 30.1 Å². The van der Waals surface area contributed by atoms with E-state index in [0.717, 1.165) is 36.2 Å². The van der Waals surface area contributed by atoms with Crippen LogP contribution in [0.25, 0.3) is 5.69 Å². The molecule has 7 nitrogen and oxygen atoms in total. The Hall–Kier alpha value is -2.28. The fraction of sp³-hybridized carbons (Fsp3) is 0.385. The molecule has 3 N–H and O–H groups in total. The molecule has 1 aliphatic rings. The van der Waals surface area contributed by atoms with Gasteiger partial charge in [0.2, 0.25) is 5.91 Å². The molecule has 0 unspecified atom stereocenters. The van der Waals surface area contributed by atoms with Gasteiger partial charge in [0.25, 0.3) is 0 Å². The van der Waals surface area contributed by atoms with Crippen LogP contribution >= 0.6 is 0 Å². The summed E-state index contributed by atoms with van der Waals surface area (Å²) in [6, 6.07) is 5.64. The first-order valence-electron chi connectivity index (χ1n) is 6.53. The first-order valence-corrected chi connectivity index (χ1v) is 6.53. The minimum atomic E-state index is -0.711. The van der Waals surface area contributed by atoms with Crippen LogP contribution in [0.15, 0.2) is 24.5 Å². The smallest absolute Gasteiger partial charge is 0.244 e. The second-order valence-electron chi connectivity index (χ2n) is 5.22. The van der Waals surface area contributed by atoms with E-state index < -0.39 is 5.54 Å². The number of tetrazole rings is 1. The maximum Gasteiger partial charge on any atom is 0.244 e. The molecule has 0 spiro atoms. The molecular weight excluding hydrogens is 256 g/mol. The van der Waals surface area contributed by atoms with E-state index in [1.54, 1.807) is 0 Å². The molecule has 0 aliphatic heterocycles. The van der Waals surface area contributed by atoms with Gasteiger partial charge in [0.15, 0.2) is 0 Å².